The Labute approximate surface area is 125 Å². The van der Waals surface area contributed by atoms with E-state index in [4.69, 9.17) is 0 Å². The molecule has 1 aromatic rings. The first kappa shape index (κ1) is 17.8. The fraction of sp³-hybridized carbons (Fsp3) is 0.429. The summed E-state index contributed by atoms with van der Waals surface area (Å²) in [7, 11) is 1.02. The predicted molar refractivity (Wildman–Crippen MR) is 71.3 cm³/mol. The molecule has 1 rings (SSSR count). The van der Waals surface area contributed by atoms with Crippen LogP contribution in [0.5, 0.6) is 5.75 Å². The Kier molecular flexibility index (Phi) is 5.40. The fourth-order valence-electron chi connectivity index (χ4n) is 1.97. The second-order valence-electron chi connectivity index (χ2n) is 4.83. The van der Waals surface area contributed by atoms with Crippen molar-refractivity contribution in [3.8, 4) is 5.75 Å². The van der Waals surface area contributed by atoms with E-state index in [-0.39, 0.29) is 12.2 Å². The van der Waals surface area contributed by atoms with Gasteiger partial charge in [0.15, 0.2) is 0 Å². The van der Waals surface area contributed by atoms with Crippen molar-refractivity contribution >= 4 is 11.9 Å². The average molecular weight is 319 g/mol. The lowest BCUT2D eigenvalue weighted by Crippen LogP contribution is -2.48. The number of nitrogens with one attached hydrogen (secondary N) is 1. The van der Waals surface area contributed by atoms with Crippen molar-refractivity contribution in [1.82, 2.24) is 5.32 Å². The third-order valence-corrected chi connectivity index (χ3v) is 3.04. The first-order valence-corrected chi connectivity index (χ1v) is 6.31. The van der Waals surface area contributed by atoms with E-state index < -0.39 is 24.1 Å². The lowest BCUT2D eigenvalue weighted by atomic mass is 10.00. The summed E-state index contributed by atoms with van der Waals surface area (Å²) in [4.78, 5) is 22.6. The number of carbonyl (C=O) groups excluding carboxylic acids is 2. The zero-order chi connectivity index (χ0) is 17.1. The molecule has 0 bridgehead atoms. The highest BCUT2D eigenvalue weighted by atomic mass is 19.4. The number of benzene rings is 1. The molecule has 1 amide bonds. The maximum Gasteiger partial charge on any atom is 0.471 e. The predicted octanol–water partition coefficient (Wildman–Crippen LogP) is 1.77. The average Bonchev–Trinajstić information content (AvgIpc) is 2.41. The molecular weight excluding hydrogens is 303 g/mol. The van der Waals surface area contributed by atoms with Gasteiger partial charge in [0.2, 0.25) is 0 Å². The Morgan fingerprint density at radius 3 is 2.18 bits per heavy atom. The zero-order valence-electron chi connectivity index (χ0n) is 12.2. The minimum Gasteiger partial charge on any atom is -0.507 e. The van der Waals surface area contributed by atoms with E-state index in [0.717, 1.165) is 7.11 Å². The highest BCUT2D eigenvalue weighted by molar-refractivity contribution is 5.87. The largest absolute Gasteiger partial charge is 0.507 e. The van der Waals surface area contributed by atoms with Gasteiger partial charge in [0.1, 0.15) is 11.8 Å². The number of alkyl halides is 3. The molecule has 0 aromatic heterocycles. The number of amides is 1. The number of halogens is 3. The van der Waals surface area contributed by atoms with Crippen molar-refractivity contribution in [1.29, 1.82) is 0 Å². The minimum atomic E-state index is -5.09. The molecule has 1 aromatic carbocycles. The molecule has 0 spiro atoms. The maximum atomic E-state index is 12.3. The van der Waals surface area contributed by atoms with Crippen molar-refractivity contribution in [2.75, 3.05) is 7.11 Å². The van der Waals surface area contributed by atoms with Gasteiger partial charge in [-0.25, -0.2) is 4.79 Å². The van der Waals surface area contributed by atoms with Gasteiger partial charge in [0.25, 0.3) is 0 Å². The van der Waals surface area contributed by atoms with Crippen molar-refractivity contribution < 1.29 is 32.6 Å². The smallest absolute Gasteiger partial charge is 0.471 e. The Hall–Kier alpha value is -2.25. The van der Waals surface area contributed by atoms with Crippen molar-refractivity contribution in [2.24, 2.45) is 0 Å². The fourth-order valence-corrected chi connectivity index (χ4v) is 1.97. The Bertz CT molecular complexity index is 561. The van der Waals surface area contributed by atoms with Crippen molar-refractivity contribution in [2.45, 2.75) is 32.5 Å². The Morgan fingerprint density at radius 2 is 1.77 bits per heavy atom. The third kappa shape index (κ3) is 4.37. The van der Waals surface area contributed by atoms with Crippen LogP contribution >= 0.6 is 0 Å². The van der Waals surface area contributed by atoms with E-state index in [1.807, 2.05) is 0 Å². The summed E-state index contributed by atoms with van der Waals surface area (Å²) in [5, 5.41) is 11.3. The molecule has 0 saturated heterocycles. The van der Waals surface area contributed by atoms with Crippen LogP contribution in [-0.2, 0) is 20.7 Å². The number of ether oxygens (including phenoxy) is 1. The van der Waals surface area contributed by atoms with E-state index in [0.29, 0.717) is 16.7 Å². The molecule has 122 valence electrons. The van der Waals surface area contributed by atoms with Crippen molar-refractivity contribution in [3.05, 3.63) is 28.8 Å². The summed E-state index contributed by atoms with van der Waals surface area (Å²) in [5.41, 5.74) is 1.52. The highest BCUT2D eigenvalue weighted by Gasteiger charge is 2.41. The van der Waals surface area contributed by atoms with Gasteiger partial charge in [0.05, 0.1) is 7.11 Å². The Morgan fingerprint density at radius 1 is 1.27 bits per heavy atom. The molecule has 0 aliphatic carbocycles. The van der Waals surface area contributed by atoms with E-state index in [1.54, 1.807) is 19.2 Å². The van der Waals surface area contributed by atoms with Crippen LogP contribution in [0.25, 0.3) is 0 Å². The van der Waals surface area contributed by atoms with Crippen LogP contribution < -0.4 is 5.32 Å². The summed E-state index contributed by atoms with van der Waals surface area (Å²) in [5.74, 6) is -3.13. The quantitative estimate of drug-likeness (QED) is 0.830. The van der Waals surface area contributed by atoms with Crippen LogP contribution in [0.4, 0.5) is 13.2 Å². The van der Waals surface area contributed by atoms with Gasteiger partial charge >= 0.3 is 18.1 Å². The number of aryl methyl sites for hydroxylation is 2. The normalized spacial score (nSPS) is 12.6. The number of phenols is 1. The van der Waals surface area contributed by atoms with Crippen LogP contribution in [0.15, 0.2) is 12.1 Å². The molecule has 0 fully saturated rings. The number of esters is 1. The second-order valence-corrected chi connectivity index (χ2v) is 4.83. The van der Waals surface area contributed by atoms with Gasteiger partial charge in [-0.05, 0) is 30.5 Å². The van der Waals surface area contributed by atoms with E-state index in [1.165, 1.54) is 12.1 Å². The lowest BCUT2D eigenvalue weighted by Gasteiger charge is -2.18. The van der Waals surface area contributed by atoms with Gasteiger partial charge < -0.3 is 15.2 Å². The van der Waals surface area contributed by atoms with Crippen LogP contribution in [-0.4, -0.2) is 36.3 Å². The molecular formula is C14H16F3NO4. The van der Waals surface area contributed by atoms with Crippen LogP contribution in [0.2, 0.25) is 0 Å². The number of rotatable bonds is 4. The molecule has 0 saturated carbocycles. The summed E-state index contributed by atoms with van der Waals surface area (Å²) >= 11 is 0. The van der Waals surface area contributed by atoms with Gasteiger partial charge in [-0.1, -0.05) is 12.1 Å². The highest BCUT2D eigenvalue weighted by Crippen LogP contribution is 2.24. The van der Waals surface area contributed by atoms with E-state index in [9.17, 15) is 27.9 Å². The van der Waals surface area contributed by atoms with E-state index in [2.05, 4.69) is 4.74 Å². The summed E-state index contributed by atoms with van der Waals surface area (Å²) in [6.45, 7) is 3.24. The number of phenolic OH excluding ortho intramolecular Hbond substituents is 1. The number of methoxy groups -OCH3 is 1. The van der Waals surface area contributed by atoms with Gasteiger partial charge in [-0.3, -0.25) is 4.79 Å². The van der Waals surface area contributed by atoms with Gasteiger partial charge in [0, 0.05) is 6.42 Å². The number of carbonyl (C=O) groups is 2. The standard InChI is InChI=1S/C14H16F3NO4/c1-7-4-9(5-8(2)11(7)19)6-10(12(20)22-3)18-13(21)14(15,16)17/h4-5,10,19H,6H2,1-3H3,(H,18,21)/t10-/m0/s1. The number of hydrogen-bond acceptors (Lipinski definition) is 4. The lowest BCUT2D eigenvalue weighted by molar-refractivity contribution is -0.175. The monoisotopic (exact) mass is 319 g/mol. The SMILES string of the molecule is COC(=O)[C@H](Cc1cc(C)c(O)c(C)c1)NC(=O)C(F)(F)F. The topological polar surface area (TPSA) is 75.6 Å². The summed E-state index contributed by atoms with van der Waals surface area (Å²) in [6, 6.07) is 1.58. The number of aromatic hydroxyl groups is 1. The first-order chi connectivity index (χ1) is 10.1. The zero-order valence-corrected chi connectivity index (χ0v) is 12.2. The molecule has 0 aliphatic heterocycles. The molecule has 0 unspecified atom stereocenters. The first-order valence-electron chi connectivity index (χ1n) is 6.31. The van der Waals surface area contributed by atoms with Crippen LogP contribution in [0.1, 0.15) is 16.7 Å². The van der Waals surface area contributed by atoms with Gasteiger partial charge in [-0.2, -0.15) is 13.2 Å². The number of hydrogen-bond donors (Lipinski definition) is 2. The minimum absolute atomic E-state index is 0.0673. The Balaban J connectivity index is 3.00. The van der Waals surface area contributed by atoms with Crippen LogP contribution in [0.3, 0.4) is 0 Å². The van der Waals surface area contributed by atoms with Crippen LogP contribution in [0, 0.1) is 13.8 Å². The molecule has 2 N–H and O–H groups in total. The van der Waals surface area contributed by atoms with E-state index >= 15 is 0 Å². The molecule has 0 radical (unpaired) electrons. The molecule has 5 nitrogen and oxygen atoms in total. The van der Waals surface area contributed by atoms with Crippen molar-refractivity contribution in [3.63, 3.8) is 0 Å². The maximum absolute atomic E-state index is 12.3. The summed E-state index contributed by atoms with van der Waals surface area (Å²) < 4.78 is 41.3. The molecule has 22 heavy (non-hydrogen) atoms. The molecule has 8 heteroatoms. The third-order valence-electron chi connectivity index (χ3n) is 3.04. The molecule has 1 atom stereocenters. The van der Waals surface area contributed by atoms with Gasteiger partial charge in [-0.15, -0.1) is 0 Å². The molecule has 0 aliphatic rings. The second kappa shape index (κ2) is 6.67. The summed E-state index contributed by atoms with van der Waals surface area (Å²) in [6.07, 6.45) is -5.27. The molecule has 0 heterocycles.